The van der Waals surface area contributed by atoms with Gasteiger partial charge < -0.3 is 19.3 Å². The Morgan fingerprint density at radius 1 is 1.32 bits per heavy atom. The number of carbonyl (C=O) groups is 2. The van der Waals surface area contributed by atoms with E-state index in [2.05, 4.69) is 4.98 Å². The number of halogens is 1. The van der Waals surface area contributed by atoms with E-state index in [0.717, 1.165) is 0 Å². The fraction of sp³-hybridized carbons (Fsp3) is 0.588. The highest BCUT2D eigenvalue weighted by Crippen LogP contribution is 2.27. The molecule has 1 saturated heterocycles. The maximum Gasteiger partial charge on any atom is 0.410 e. The van der Waals surface area contributed by atoms with E-state index in [1.165, 1.54) is 13.3 Å². The molecule has 7 nitrogen and oxygen atoms in total. The number of esters is 1. The van der Waals surface area contributed by atoms with Gasteiger partial charge in [0.2, 0.25) is 0 Å². The molecule has 0 spiro atoms. The first-order chi connectivity index (χ1) is 11.6. The summed E-state index contributed by atoms with van der Waals surface area (Å²) in [5, 5.41) is 0.296. The molecule has 0 N–H and O–H groups in total. The van der Waals surface area contributed by atoms with Crippen LogP contribution in [0.15, 0.2) is 12.3 Å². The zero-order valence-corrected chi connectivity index (χ0v) is 16.0. The minimum absolute atomic E-state index is 0.0824. The van der Waals surface area contributed by atoms with E-state index in [4.69, 9.17) is 21.1 Å². The van der Waals surface area contributed by atoms with Crippen molar-refractivity contribution in [3.63, 3.8) is 0 Å². The van der Waals surface area contributed by atoms with Crippen LogP contribution < -0.4 is 4.90 Å². The normalized spacial score (nSPS) is 18.1. The number of carbonyl (C=O) groups excluding carboxylic acids is 2. The number of amides is 1. The molecule has 0 bridgehead atoms. The van der Waals surface area contributed by atoms with Crippen LogP contribution in [-0.2, 0) is 9.47 Å². The Labute approximate surface area is 152 Å². The van der Waals surface area contributed by atoms with Crippen LogP contribution in [0.4, 0.5) is 10.5 Å². The van der Waals surface area contributed by atoms with Crippen LogP contribution in [0.5, 0.6) is 0 Å². The van der Waals surface area contributed by atoms with Gasteiger partial charge in [0, 0.05) is 31.9 Å². The van der Waals surface area contributed by atoms with Crippen LogP contribution in [0.2, 0.25) is 5.15 Å². The second-order valence-corrected chi connectivity index (χ2v) is 7.37. The number of anilines is 1. The quantitative estimate of drug-likeness (QED) is 0.589. The smallest absolute Gasteiger partial charge is 0.410 e. The van der Waals surface area contributed by atoms with E-state index in [-0.39, 0.29) is 12.1 Å². The fourth-order valence-electron chi connectivity index (χ4n) is 2.72. The Bertz CT molecular complexity index is 660. The summed E-state index contributed by atoms with van der Waals surface area (Å²) in [6, 6.07) is 1.56. The molecule has 1 aromatic rings. The predicted octanol–water partition coefficient (Wildman–Crippen LogP) is 2.97. The Morgan fingerprint density at radius 3 is 2.56 bits per heavy atom. The Balaban J connectivity index is 2.17. The molecule has 1 aliphatic rings. The molecule has 0 radical (unpaired) electrons. The number of hydrogen-bond acceptors (Lipinski definition) is 6. The van der Waals surface area contributed by atoms with Gasteiger partial charge in [-0.3, -0.25) is 0 Å². The molecule has 2 heterocycles. The number of aromatic nitrogens is 1. The monoisotopic (exact) mass is 369 g/mol. The standard InChI is InChI=1S/C17H24ClN3O4/c1-11-10-20(6-7-21(11)16(23)25-17(2,3)4)13-8-14(18)19-9-12(13)15(22)24-5/h8-9,11H,6-7,10H2,1-5H3. The lowest BCUT2D eigenvalue weighted by molar-refractivity contribution is 0.0158. The van der Waals surface area contributed by atoms with Gasteiger partial charge in [0.1, 0.15) is 16.3 Å². The molecule has 2 rings (SSSR count). The number of piperazine rings is 1. The van der Waals surface area contributed by atoms with Gasteiger partial charge in [-0.05, 0) is 33.8 Å². The number of methoxy groups -OCH3 is 1. The van der Waals surface area contributed by atoms with E-state index in [1.54, 1.807) is 11.0 Å². The van der Waals surface area contributed by atoms with Gasteiger partial charge in [-0.15, -0.1) is 0 Å². The van der Waals surface area contributed by atoms with Crippen molar-refractivity contribution >= 4 is 29.4 Å². The highest BCUT2D eigenvalue weighted by molar-refractivity contribution is 6.29. The van der Waals surface area contributed by atoms with Crippen LogP contribution in [0.3, 0.4) is 0 Å². The minimum atomic E-state index is -0.537. The molecule has 1 atom stereocenters. The summed E-state index contributed by atoms with van der Waals surface area (Å²) >= 11 is 6.00. The lowest BCUT2D eigenvalue weighted by Crippen LogP contribution is -2.55. The van der Waals surface area contributed by atoms with Crippen molar-refractivity contribution in [1.29, 1.82) is 0 Å². The van der Waals surface area contributed by atoms with Gasteiger partial charge >= 0.3 is 12.1 Å². The Morgan fingerprint density at radius 2 is 2.00 bits per heavy atom. The Kier molecular flexibility index (Phi) is 5.77. The SMILES string of the molecule is COC(=O)c1cnc(Cl)cc1N1CCN(C(=O)OC(C)(C)C)C(C)C1. The van der Waals surface area contributed by atoms with Gasteiger partial charge in [0.15, 0.2) is 0 Å². The maximum absolute atomic E-state index is 12.3. The molecule has 0 aliphatic carbocycles. The molecule has 25 heavy (non-hydrogen) atoms. The second kappa shape index (κ2) is 7.47. The van der Waals surface area contributed by atoms with Gasteiger partial charge in [-0.1, -0.05) is 11.6 Å². The van der Waals surface area contributed by atoms with Crippen molar-refractivity contribution in [1.82, 2.24) is 9.88 Å². The molecule has 0 aromatic carbocycles. The molecule has 1 aromatic heterocycles. The van der Waals surface area contributed by atoms with Crippen molar-refractivity contribution in [2.45, 2.75) is 39.3 Å². The topological polar surface area (TPSA) is 72.0 Å². The molecule has 1 fully saturated rings. The first-order valence-corrected chi connectivity index (χ1v) is 8.48. The summed E-state index contributed by atoms with van der Waals surface area (Å²) in [6.45, 7) is 9.04. The van der Waals surface area contributed by atoms with Crippen molar-refractivity contribution < 1.29 is 19.1 Å². The average Bonchev–Trinajstić information content (AvgIpc) is 2.52. The molecular formula is C17H24ClN3O4. The number of hydrogen-bond donors (Lipinski definition) is 0. The number of rotatable bonds is 2. The van der Waals surface area contributed by atoms with Gasteiger partial charge in [0.25, 0.3) is 0 Å². The lowest BCUT2D eigenvalue weighted by Gasteiger charge is -2.41. The van der Waals surface area contributed by atoms with Gasteiger partial charge in [-0.25, -0.2) is 14.6 Å². The molecule has 1 aliphatic heterocycles. The molecule has 138 valence electrons. The van der Waals surface area contributed by atoms with Crippen LogP contribution in [0.25, 0.3) is 0 Å². The third kappa shape index (κ3) is 4.75. The first-order valence-electron chi connectivity index (χ1n) is 8.11. The third-order valence-electron chi connectivity index (χ3n) is 3.85. The largest absolute Gasteiger partial charge is 0.465 e. The summed E-state index contributed by atoms with van der Waals surface area (Å²) in [7, 11) is 1.32. The number of pyridine rings is 1. The van der Waals surface area contributed by atoms with Crippen LogP contribution in [-0.4, -0.2) is 60.3 Å². The Hall–Kier alpha value is -2.02. The zero-order chi connectivity index (χ0) is 18.8. The minimum Gasteiger partial charge on any atom is -0.465 e. The third-order valence-corrected chi connectivity index (χ3v) is 4.06. The highest BCUT2D eigenvalue weighted by Gasteiger charge is 2.32. The number of ether oxygens (including phenoxy) is 2. The van der Waals surface area contributed by atoms with E-state index < -0.39 is 11.6 Å². The van der Waals surface area contributed by atoms with Crippen molar-refractivity contribution in [3.8, 4) is 0 Å². The van der Waals surface area contributed by atoms with E-state index >= 15 is 0 Å². The fourth-order valence-corrected chi connectivity index (χ4v) is 2.87. The lowest BCUT2D eigenvalue weighted by atomic mass is 10.1. The van der Waals surface area contributed by atoms with E-state index in [0.29, 0.717) is 36.0 Å². The van der Waals surface area contributed by atoms with E-state index in [1.807, 2.05) is 32.6 Å². The van der Waals surface area contributed by atoms with Crippen molar-refractivity contribution in [2.24, 2.45) is 0 Å². The summed E-state index contributed by atoms with van der Waals surface area (Å²) in [5.74, 6) is -0.471. The second-order valence-electron chi connectivity index (χ2n) is 6.98. The first kappa shape index (κ1) is 19.3. The summed E-state index contributed by atoms with van der Waals surface area (Å²) in [4.78, 5) is 32.0. The van der Waals surface area contributed by atoms with Crippen molar-refractivity contribution in [3.05, 3.63) is 23.0 Å². The average molecular weight is 370 g/mol. The van der Waals surface area contributed by atoms with Crippen LogP contribution in [0.1, 0.15) is 38.1 Å². The van der Waals surface area contributed by atoms with Gasteiger partial charge in [-0.2, -0.15) is 0 Å². The predicted molar refractivity (Wildman–Crippen MR) is 95.2 cm³/mol. The molecular weight excluding hydrogens is 346 g/mol. The summed E-state index contributed by atoms with van der Waals surface area (Å²) < 4.78 is 10.3. The zero-order valence-electron chi connectivity index (χ0n) is 15.2. The maximum atomic E-state index is 12.3. The summed E-state index contributed by atoms with van der Waals surface area (Å²) in [6.07, 6.45) is 1.08. The van der Waals surface area contributed by atoms with Crippen LogP contribution >= 0.6 is 11.6 Å². The van der Waals surface area contributed by atoms with Gasteiger partial charge in [0.05, 0.1) is 12.8 Å². The summed E-state index contributed by atoms with van der Waals surface area (Å²) in [5.41, 5.74) is 0.470. The molecule has 1 amide bonds. The van der Waals surface area contributed by atoms with Crippen molar-refractivity contribution in [2.75, 3.05) is 31.6 Å². The molecule has 0 saturated carbocycles. The number of nitrogens with zero attached hydrogens (tertiary/aromatic N) is 3. The van der Waals surface area contributed by atoms with Crippen LogP contribution in [0, 0.1) is 0 Å². The highest BCUT2D eigenvalue weighted by atomic mass is 35.5. The molecule has 8 heteroatoms. The molecule has 1 unspecified atom stereocenters. The van der Waals surface area contributed by atoms with E-state index in [9.17, 15) is 9.59 Å².